The van der Waals surface area contributed by atoms with Crippen LogP contribution in [-0.4, -0.2) is 66.4 Å². The SMILES string of the molecule is OCC1O[C@H](SCCc2ccccc2Cl)C(O)[C@@H](n2cc(-c3cc(F)c(F)c(F)c3)nn2)[C@H]1O. The lowest BCUT2D eigenvalue weighted by molar-refractivity contribution is -0.178. The summed E-state index contributed by atoms with van der Waals surface area (Å²) in [4.78, 5) is 0. The molecule has 2 unspecified atom stereocenters. The van der Waals surface area contributed by atoms with E-state index in [9.17, 15) is 28.5 Å². The number of hydrogen-bond acceptors (Lipinski definition) is 7. The Morgan fingerprint density at radius 3 is 2.47 bits per heavy atom. The molecule has 1 fully saturated rings. The normalized spacial score (nSPS) is 25.0. The Balaban J connectivity index is 1.53. The molecule has 4 rings (SSSR count). The third-order valence-corrected chi connectivity index (χ3v) is 7.08. The van der Waals surface area contributed by atoms with Gasteiger partial charge in [-0.2, -0.15) is 0 Å². The van der Waals surface area contributed by atoms with Crippen molar-refractivity contribution in [3.63, 3.8) is 0 Å². The highest BCUT2D eigenvalue weighted by molar-refractivity contribution is 7.99. The molecule has 7 nitrogen and oxygen atoms in total. The molecule has 0 spiro atoms. The number of aryl methyl sites for hydroxylation is 1. The fourth-order valence-electron chi connectivity index (χ4n) is 3.76. The Morgan fingerprint density at radius 1 is 1.09 bits per heavy atom. The van der Waals surface area contributed by atoms with Gasteiger partial charge in [-0.05, 0) is 35.9 Å². The minimum atomic E-state index is -1.60. The maximum Gasteiger partial charge on any atom is 0.194 e. The van der Waals surface area contributed by atoms with Crippen molar-refractivity contribution in [2.24, 2.45) is 0 Å². The van der Waals surface area contributed by atoms with Gasteiger partial charge in [0.15, 0.2) is 17.5 Å². The topological polar surface area (TPSA) is 101 Å². The summed E-state index contributed by atoms with van der Waals surface area (Å²) in [6.07, 6.45) is -1.75. The average molecular weight is 516 g/mol. The number of benzene rings is 2. The van der Waals surface area contributed by atoms with Crippen molar-refractivity contribution < 1.29 is 33.2 Å². The molecule has 2 aromatic carbocycles. The highest BCUT2D eigenvalue weighted by Crippen LogP contribution is 2.36. The highest BCUT2D eigenvalue weighted by atomic mass is 35.5. The number of hydrogen-bond donors (Lipinski definition) is 3. The lowest BCUT2D eigenvalue weighted by atomic mass is 9.97. The van der Waals surface area contributed by atoms with Crippen LogP contribution in [0.3, 0.4) is 0 Å². The van der Waals surface area contributed by atoms with E-state index in [1.807, 2.05) is 18.2 Å². The molecule has 0 saturated carbocycles. The van der Waals surface area contributed by atoms with Gasteiger partial charge in [-0.15, -0.1) is 16.9 Å². The molecule has 34 heavy (non-hydrogen) atoms. The highest BCUT2D eigenvalue weighted by Gasteiger charge is 2.46. The number of aliphatic hydroxyl groups excluding tert-OH is 3. The predicted octanol–water partition coefficient (Wildman–Crippen LogP) is 2.97. The van der Waals surface area contributed by atoms with Crippen LogP contribution in [0, 0.1) is 17.5 Å². The number of nitrogens with zero attached hydrogens (tertiary/aromatic N) is 3. The molecule has 182 valence electrons. The third kappa shape index (κ3) is 5.09. The van der Waals surface area contributed by atoms with Crippen LogP contribution in [0.5, 0.6) is 0 Å². The van der Waals surface area contributed by atoms with Crippen molar-refractivity contribution in [2.45, 2.75) is 36.2 Å². The van der Waals surface area contributed by atoms with E-state index in [1.54, 1.807) is 6.07 Å². The summed E-state index contributed by atoms with van der Waals surface area (Å²) >= 11 is 7.46. The average Bonchev–Trinajstić information content (AvgIpc) is 3.29. The van der Waals surface area contributed by atoms with Gasteiger partial charge in [-0.25, -0.2) is 17.9 Å². The lowest BCUT2D eigenvalue weighted by Crippen LogP contribution is -2.55. The summed E-state index contributed by atoms with van der Waals surface area (Å²) in [5.41, 5.74) is 0.0496. The van der Waals surface area contributed by atoms with Crippen LogP contribution >= 0.6 is 23.4 Å². The second-order valence-electron chi connectivity index (χ2n) is 7.75. The molecule has 1 saturated heterocycles. The van der Waals surface area contributed by atoms with Gasteiger partial charge in [0.1, 0.15) is 35.5 Å². The fraction of sp³-hybridized carbons (Fsp3) is 0.364. The standard InChI is InChI=1S/C22H21ClF3N3O4S/c23-13-4-2-1-3-11(13)5-6-34-22-21(32)19(20(31)17(10-30)33-22)29-9-16(27-28-29)12-7-14(24)18(26)15(25)8-12/h1-4,7-9,17,19-22,30-32H,5-6,10H2/t17?,19-,20-,21?,22+/m0/s1. The number of ether oxygens (including phenoxy) is 1. The van der Waals surface area contributed by atoms with Crippen LogP contribution in [0.2, 0.25) is 5.02 Å². The summed E-state index contributed by atoms with van der Waals surface area (Å²) in [7, 11) is 0. The first kappa shape index (κ1) is 25.0. The van der Waals surface area contributed by atoms with Crippen molar-refractivity contribution in [3.05, 3.63) is 70.6 Å². The van der Waals surface area contributed by atoms with Gasteiger partial charge in [0, 0.05) is 10.6 Å². The lowest BCUT2D eigenvalue weighted by Gasteiger charge is -2.41. The molecule has 0 bridgehead atoms. The number of aliphatic hydroxyl groups is 3. The Morgan fingerprint density at radius 2 is 1.79 bits per heavy atom. The molecule has 0 aliphatic carbocycles. The summed E-state index contributed by atoms with van der Waals surface area (Å²) in [5, 5.41) is 39.7. The van der Waals surface area contributed by atoms with Crippen molar-refractivity contribution in [2.75, 3.05) is 12.4 Å². The Bertz CT molecular complexity index is 1130. The second kappa shape index (κ2) is 10.6. The Kier molecular flexibility index (Phi) is 7.80. The van der Waals surface area contributed by atoms with Gasteiger partial charge in [-0.1, -0.05) is 35.0 Å². The minimum absolute atomic E-state index is 0.00663. The largest absolute Gasteiger partial charge is 0.394 e. The summed E-state index contributed by atoms with van der Waals surface area (Å²) in [6.45, 7) is -0.512. The molecule has 12 heteroatoms. The smallest absolute Gasteiger partial charge is 0.194 e. The number of thioether (sulfide) groups is 1. The minimum Gasteiger partial charge on any atom is -0.394 e. The summed E-state index contributed by atoms with van der Waals surface area (Å²) in [6, 6.07) is 7.84. The molecular formula is C22H21ClF3N3O4S. The van der Waals surface area contributed by atoms with Crippen molar-refractivity contribution >= 4 is 23.4 Å². The molecule has 2 heterocycles. The molecule has 0 amide bonds. The van der Waals surface area contributed by atoms with Crippen LogP contribution in [-0.2, 0) is 11.2 Å². The van der Waals surface area contributed by atoms with Gasteiger partial charge in [0.2, 0.25) is 0 Å². The molecule has 1 aliphatic heterocycles. The zero-order valence-electron chi connectivity index (χ0n) is 17.6. The van der Waals surface area contributed by atoms with Crippen LogP contribution in [0.1, 0.15) is 11.6 Å². The van der Waals surface area contributed by atoms with Gasteiger partial charge >= 0.3 is 0 Å². The van der Waals surface area contributed by atoms with E-state index in [4.69, 9.17) is 16.3 Å². The van der Waals surface area contributed by atoms with Gasteiger partial charge in [-0.3, -0.25) is 0 Å². The zero-order chi connectivity index (χ0) is 24.4. The molecule has 0 radical (unpaired) electrons. The number of aromatic nitrogens is 3. The van der Waals surface area contributed by atoms with Crippen molar-refractivity contribution in [1.82, 2.24) is 15.0 Å². The summed E-state index contributed by atoms with van der Waals surface area (Å²) in [5.74, 6) is -3.84. The first-order valence-corrected chi connectivity index (χ1v) is 11.8. The van der Waals surface area contributed by atoms with E-state index in [0.717, 1.165) is 22.4 Å². The molecule has 1 aromatic heterocycles. The number of rotatable bonds is 7. The quantitative estimate of drug-likeness (QED) is 0.416. The molecule has 5 atom stereocenters. The molecular weight excluding hydrogens is 495 g/mol. The predicted molar refractivity (Wildman–Crippen MR) is 120 cm³/mol. The fourth-order valence-corrected chi connectivity index (χ4v) is 5.14. The van der Waals surface area contributed by atoms with Gasteiger partial charge in [0.25, 0.3) is 0 Å². The van der Waals surface area contributed by atoms with E-state index >= 15 is 0 Å². The van der Waals surface area contributed by atoms with Crippen LogP contribution in [0.25, 0.3) is 11.3 Å². The van der Waals surface area contributed by atoms with E-state index < -0.39 is 53.8 Å². The van der Waals surface area contributed by atoms with E-state index in [-0.39, 0.29) is 11.3 Å². The van der Waals surface area contributed by atoms with E-state index in [2.05, 4.69) is 10.3 Å². The van der Waals surface area contributed by atoms with Gasteiger partial charge in [0.05, 0.1) is 12.8 Å². The van der Waals surface area contributed by atoms with Crippen LogP contribution in [0.15, 0.2) is 42.6 Å². The van der Waals surface area contributed by atoms with Crippen molar-refractivity contribution in [3.8, 4) is 11.3 Å². The van der Waals surface area contributed by atoms with E-state index in [0.29, 0.717) is 17.2 Å². The molecule has 3 aromatic rings. The summed E-state index contributed by atoms with van der Waals surface area (Å²) < 4.78 is 47.4. The maximum atomic E-state index is 13.6. The molecule has 3 N–H and O–H groups in total. The number of halogens is 4. The first-order chi connectivity index (χ1) is 16.3. The first-order valence-electron chi connectivity index (χ1n) is 10.3. The van der Waals surface area contributed by atoms with Gasteiger partial charge < -0.3 is 20.1 Å². The molecule has 1 aliphatic rings. The Hall–Kier alpha value is -2.15. The third-order valence-electron chi connectivity index (χ3n) is 5.56. The van der Waals surface area contributed by atoms with Crippen LogP contribution in [0.4, 0.5) is 13.2 Å². The Labute approximate surface area is 202 Å². The monoisotopic (exact) mass is 515 g/mol. The van der Waals surface area contributed by atoms with Crippen molar-refractivity contribution in [1.29, 1.82) is 0 Å². The van der Waals surface area contributed by atoms with Crippen LogP contribution < -0.4 is 0 Å². The van der Waals surface area contributed by atoms with E-state index in [1.165, 1.54) is 18.0 Å². The zero-order valence-corrected chi connectivity index (χ0v) is 19.1. The maximum absolute atomic E-state index is 13.6. The second-order valence-corrected chi connectivity index (χ2v) is 9.36.